The lowest BCUT2D eigenvalue weighted by Gasteiger charge is -2.19. The topological polar surface area (TPSA) is 55.8 Å². The number of aliphatic carboxylic acids is 1. The van der Waals surface area contributed by atoms with E-state index in [1.165, 1.54) is 0 Å². The number of hydrogen-bond acceptors (Lipinski definition) is 3. The number of rotatable bonds is 2. The van der Waals surface area contributed by atoms with E-state index in [1.807, 2.05) is 6.92 Å². The fraction of sp³-hybridized carbons (Fsp3) is 0.857. The predicted octanol–water partition coefficient (Wildman–Crippen LogP) is 0.613. The van der Waals surface area contributed by atoms with Crippen molar-refractivity contribution in [1.82, 2.24) is 0 Å². The maximum Gasteiger partial charge on any atom is 0.308 e. The standard InChI is InChI=1S/C7H12O4/c1-5-4-10-7(2,11-5)3-6(8)9/h5H,3-4H2,1-2H3,(H,8,9)/t5-,7-/m0/s1. The Morgan fingerprint density at radius 2 is 2.45 bits per heavy atom. The average molecular weight is 160 g/mol. The van der Waals surface area contributed by atoms with E-state index in [-0.39, 0.29) is 12.5 Å². The molecule has 1 aliphatic rings. The van der Waals surface area contributed by atoms with Crippen LogP contribution in [0.4, 0.5) is 0 Å². The first-order valence-electron chi connectivity index (χ1n) is 3.55. The van der Waals surface area contributed by atoms with Crippen LogP contribution in [0.25, 0.3) is 0 Å². The second kappa shape index (κ2) is 2.79. The second-order valence-electron chi connectivity index (χ2n) is 2.94. The van der Waals surface area contributed by atoms with E-state index in [2.05, 4.69) is 0 Å². The Labute approximate surface area is 65.1 Å². The smallest absolute Gasteiger partial charge is 0.308 e. The van der Waals surface area contributed by atoms with Gasteiger partial charge in [0.15, 0.2) is 5.79 Å². The third-order valence-electron chi connectivity index (χ3n) is 1.55. The molecule has 1 fully saturated rings. The molecule has 4 heteroatoms. The van der Waals surface area contributed by atoms with Gasteiger partial charge in [0.05, 0.1) is 19.1 Å². The first-order chi connectivity index (χ1) is 5.02. The zero-order valence-corrected chi connectivity index (χ0v) is 6.66. The van der Waals surface area contributed by atoms with E-state index in [0.29, 0.717) is 6.61 Å². The SMILES string of the molecule is C[C@H]1CO[C@](C)(CC(=O)O)O1. The molecule has 0 spiro atoms. The summed E-state index contributed by atoms with van der Waals surface area (Å²) in [4.78, 5) is 10.3. The molecule has 4 nitrogen and oxygen atoms in total. The van der Waals surface area contributed by atoms with Crippen molar-refractivity contribution >= 4 is 5.97 Å². The Bertz CT molecular complexity index is 168. The molecule has 0 aliphatic carbocycles. The van der Waals surface area contributed by atoms with Gasteiger partial charge in [-0.05, 0) is 13.8 Å². The molecule has 0 radical (unpaired) electrons. The van der Waals surface area contributed by atoms with Crippen LogP contribution in [0.15, 0.2) is 0 Å². The Kier molecular flexibility index (Phi) is 2.15. The van der Waals surface area contributed by atoms with Crippen LogP contribution in [0.1, 0.15) is 20.3 Å². The van der Waals surface area contributed by atoms with Crippen molar-refractivity contribution in [2.75, 3.05) is 6.61 Å². The largest absolute Gasteiger partial charge is 0.481 e. The minimum Gasteiger partial charge on any atom is -0.481 e. The van der Waals surface area contributed by atoms with E-state index in [0.717, 1.165) is 0 Å². The summed E-state index contributed by atoms with van der Waals surface area (Å²) in [5, 5.41) is 8.47. The zero-order valence-electron chi connectivity index (χ0n) is 6.66. The van der Waals surface area contributed by atoms with Gasteiger partial charge in [0, 0.05) is 0 Å². The van der Waals surface area contributed by atoms with Crippen LogP contribution in [-0.2, 0) is 14.3 Å². The minimum absolute atomic E-state index is 0.000602. The molecule has 64 valence electrons. The van der Waals surface area contributed by atoms with Gasteiger partial charge in [0.1, 0.15) is 0 Å². The molecule has 0 aromatic heterocycles. The summed E-state index contributed by atoms with van der Waals surface area (Å²) in [6.45, 7) is 3.97. The van der Waals surface area contributed by atoms with Crippen molar-refractivity contribution in [3.8, 4) is 0 Å². The molecule has 1 saturated heterocycles. The van der Waals surface area contributed by atoms with Gasteiger partial charge in [-0.25, -0.2) is 0 Å². The first-order valence-corrected chi connectivity index (χ1v) is 3.55. The highest BCUT2D eigenvalue weighted by Crippen LogP contribution is 2.25. The highest BCUT2D eigenvalue weighted by molar-refractivity contribution is 5.67. The van der Waals surface area contributed by atoms with Crippen molar-refractivity contribution < 1.29 is 19.4 Å². The third-order valence-corrected chi connectivity index (χ3v) is 1.55. The number of hydrogen-bond donors (Lipinski definition) is 1. The molecule has 0 saturated carbocycles. The molecule has 2 atom stereocenters. The van der Waals surface area contributed by atoms with Crippen LogP contribution in [0.3, 0.4) is 0 Å². The monoisotopic (exact) mass is 160 g/mol. The van der Waals surface area contributed by atoms with E-state index in [1.54, 1.807) is 6.92 Å². The predicted molar refractivity (Wildman–Crippen MR) is 37.2 cm³/mol. The van der Waals surface area contributed by atoms with Crippen molar-refractivity contribution in [3.63, 3.8) is 0 Å². The minimum atomic E-state index is -0.911. The maximum atomic E-state index is 10.3. The van der Waals surface area contributed by atoms with Crippen molar-refractivity contribution in [2.45, 2.75) is 32.2 Å². The second-order valence-corrected chi connectivity index (χ2v) is 2.94. The summed E-state index contributed by atoms with van der Waals surface area (Å²) in [6, 6.07) is 0. The van der Waals surface area contributed by atoms with Crippen molar-refractivity contribution in [3.05, 3.63) is 0 Å². The lowest BCUT2D eigenvalue weighted by atomic mass is 10.2. The van der Waals surface area contributed by atoms with Crippen molar-refractivity contribution in [1.29, 1.82) is 0 Å². The quantitative estimate of drug-likeness (QED) is 0.643. The van der Waals surface area contributed by atoms with Gasteiger partial charge in [-0.15, -0.1) is 0 Å². The average Bonchev–Trinajstić information content (AvgIpc) is 2.08. The third kappa shape index (κ3) is 2.17. The molecule has 0 aromatic carbocycles. The number of carboxylic acid groups (broad SMARTS) is 1. The molecule has 1 rings (SSSR count). The Hall–Kier alpha value is -0.610. The lowest BCUT2D eigenvalue weighted by molar-refractivity contribution is -0.175. The summed E-state index contributed by atoms with van der Waals surface area (Å²) in [6.07, 6.45) is -0.100. The van der Waals surface area contributed by atoms with Gasteiger partial charge in [0.25, 0.3) is 0 Å². The highest BCUT2D eigenvalue weighted by atomic mass is 16.7. The van der Waals surface area contributed by atoms with Gasteiger partial charge in [-0.1, -0.05) is 0 Å². The molecule has 1 aliphatic heterocycles. The Morgan fingerprint density at radius 3 is 2.82 bits per heavy atom. The molecule has 0 bridgehead atoms. The maximum absolute atomic E-state index is 10.3. The molecule has 1 heterocycles. The molecule has 0 aromatic rings. The van der Waals surface area contributed by atoms with Crippen LogP contribution in [0.2, 0.25) is 0 Å². The van der Waals surface area contributed by atoms with Gasteiger partial charge >= 0.3 is 5.97 Å². The van der Waals surface area contributed by atoms with E-state index in [4.69, 9.17) is 14.6 Å². The lowest BCUT2D eigenvalue weighted by Crippen LogP contribution is -2.29. The number of carboxylic acids is 1. The van der Waals surface area contributed by atoms with Crippen LogP contribution in [-0.4, -0.2) is 29.6 Å². The van der Waals surface area contributed by atoms with E-state index >= 15 is 0 Å². The van der Waals surface area contributed by atoms with Crippen LogP contribution in [0, 0.1) is 0 Å². The van der Waals surface area contributed by atoms with Gasteiger partial charge < -0.3 is 14.6 Å². The molecular formula is C7H12O4. The fourth-order valence-corrected chi connectivity index (χ4v) is 1.15. The van der Waals surface area contributed by atoms with Crippen LogP contribution >= 0.6 is 0 Å². The highest BCUT2D eigenvalue weighted by Gasteiger charge is 2.37. The summed E-state index contributed by atoms with van der Waals surface area (Å²) in [5.74, 6) is -1.81. The fourth-order valence-electron chi connectivity index (χ4n) is 1.15. The molecule has 0 unspecified atom stereocenters. The molecule has 0 amide bonds. The molecule has 1 N–H and O–H groups in total. The summed E-state index contributed by atoms with van der Waals surface area (Å²) >= 11 is 0. The summed E-state index contributed by atoms with van der Waals surface area (Å²) in [5.41, 5.74) is 0. The Balaban J connectivity index is 2.48. The van der Waals surface area contributed by atoms with Crippen molar-refractivity contribution in [2.24, 2.45) is 0 Å². The first kappa shape index (κ1) is 8.49. The molecular weight excluding hydrogens is 148 g/mol. The summed E-state index contributed by atoms with van der Waals surface area (Å²) < 4.78 is 10.4. The van der Waals surface area contributed by atoms with E-state index in [9.17, 15) is 4.79 Å². The Morgan fingerprint density at radius 1 is 1.82 bits per heavy atom. The molecule has 11 heavy (non-hydrogen) atoms. The van der Waals surface area contributed by atoms with Gasteiger partial charge in [-0.2, -0.15) is 0 Å². The number of ether oxygens (including phenoxy) is 2. The zero-order chi connectivity index (χ0) is 8.48. The van der Waals surface area contributed by atoms with Crippen LogP contribution < -0.4 is 0 Å². The van der Waals surface area contributed by atoms with E-state index < -0.39 is 11.8 Å². The van der Waals surface area contributed by atoms with Gasteiger partial charge in [0.2, 0.25) is 0 Å². The summed E-state index contributed by atoms with van der Waals surface area (Å²) in [7, 11) is 0. The number of carbonyl (C=O) groups is 1. The van der Waals surface area contributed by atoms with Crippen LogP contribution in [0.5, 0.6) is 0 Å². The normalized spacial score (nSPS) is 37.5. The van der Waals surface area contributed by atoms with Gasteiger partial charge in [-0.3, -0.25) is 4.79 Å².